The maximum absolute atomic E-state index is 10.2. The number of aromatic hydroxyl groups is 1. The van der Waals surface area contributed by atoms with Gasteiger partial charge < -0.3 is 20.7 Å². The van der Waals surface area contributed by atoms with Crippen LogP contribution in [0, 0.1) is 0 Å². The quantitative estimate of drug-likeness (QED) is 0.779. The first kappa shape index (κ1) is 14.4. The molecule has 4 heteroatoms. The minimum Gasteiger partial charge on any atom is -0.504 e. The summed E-state index contributed by atoms with van der Waals surface area (Å²) in [5.74, 6) is 0.408. The summed E-state index contributed by atoms with van der Waals surface area (Å²) in [7, 11) is 1.48. The van der Waals surface area contributed by atoms with E-state index in [-0.39, 0.29) is 5.75 Å². The van der Waals surface area contributed by atoms with Crippen LogP contribution in [0.5, 0.6) is 11.5 Å². The van der Waals surface area contributed by atoms with Crippen molar-refractivity contribution in [3.8, 4) is 11.5 Å². The number of aliphatic hydroxyl groups excluding tert-OH is 1. The standard InChI is InChI=1S/C16H19NO3/c1-20-15-10-12(7-8-13(15)18)16(17)14(19)9-11-5-3-2-4-6-11/h2-8,10,14,16,18-19H,9,17H2,1H3/t14-,16+/m1/s1. The van der Waals surface area contributed by atoms with E-state index in [1.165, 1.54) is 13.2 Å². The van der Waals surface area contributed by atoms with Gasteiger partial charge in [-0.2, -0.15) is 0 Å². The summed E-state index contributed by atoms with van der Waals surface area (Å²) >= 11 is 0. The number of phenolic OH excluding ortho intramolecular Hbond substituents is 1. The Hall–Kier alpha value is -2.04. The highest BCUT2D eigenvalue weighted by atomic mass is 16.5. The third-order valence-electron chi connectivity index (χ3n) is 3.29. The molecular formula is C16H19NO3. The highest BCUT2D eigenvalue weighted by molar-refractivity contribution is 5.43. The predicted molar refractivity (Wildman–Crippen MR) is 77.7 cm³/mol. The summed E-state index contributed by atoms with van der Waals surface area (Å²) in [6.45, 7) is 0. The molecule has 0 aliphatic rings. The molecule has 2 atom stereocenters. The van der Waals surface area contributed by atoms with Crippen LogP contribution in [0.1, 0.15) is 17.2 Å². The Morgan fingerprint density at radius 1 is 1.15 bits per heavy atom. The van der Waals surface area contributed by atoms with E-state index in [1.807, 2.05) is 30.3 Å². The van der Waals surface area contributed by atoms with Crippen molar-refractivity contribution in [1.29, 1.82) is 0 Å². The van der Waals surface area contributed by atoms with E-state index < -0.39 is 12.1 Å². The van der Waals surface area contributed by atoms with E-state index in [0.717, 1.165) is 11.1 Å². The zero-order valence-corrected chi connectivity index (χ0v) is 11.4. The molecule has 106 valence electrons. The Kier molecular flexibility index (Phi) is 4.61. The number of benzene rings is 2. The number of phenols is 1. The molecule has 0 spiro atoms. The molecule has 4 N–H and O–H groups in total. The molecular weight excluding hydrogens is 254 g/mol. The van der Waals surface area contributed by atoms with Gasteiger partial charge in [-0.25, -0.2) is 0 Å². The molecule has 2 aromatic carbocycles. The lowest BCUT2D eigenvalue weighted by Gasteiger charge is -2.20. The second kappa shape index (κ2) is 6.41. The maximum Gasteiger partial charge on any atom is 0.160 e. The highest BCUT2D eigenvalue weighted by Gasteiger charge is 2.18. The largest absolute Gasteiger partial charge is 0.504 e. The second-order valence-electron chi connectivity index (χ2n) is 4.71. The van der Waals surface area contributed by atoms with Crippen LogP contribution in [-0.4, -0.2) is 23.4 Å². The number of methoxy groups -OCH3 is 1. The first-order valence-corrected chi connectivity index (χ1v) is 6.46. The number of hydrogen-bond acceptors (Lipinski definition) is 4. The Labute approximate surface area is 118 Å². The van der Waals surface area contributed by atoms with Gasteiger partial charge in [-0.1, -0.05) is 36.4 Å². The van der Waals surface area contributed by atoms with Crippen LogP contribution in [-0.2, 0) is 6.42 Å². The Morgan fingerprint density at radius 3 is 2.50 bits per heavy atom. The SMILES string of the molecule is COc1cc([C@H](N)[C@H](O)Cc2ccccc2)ccc1O. The fourth-order valence-corrected chi connectivity index (χ4v) is 2.11. The van der Waals surface area contributed by atoms with Crippen LogP contribution in [0.25, 0.3) is 0 Å². The van der Waals surface area contributed by atoms with Crippen molar-refractivity contribution in [3.63, 3.8) is 0 Å². The van der Waals surface area contributed by atoms with E-state index in [9.17, 15) is 10.2 Å². The average molecular weight is 273 g/mol. The molecule has 0 heterocycles. The lowest BCUT2D eigenvalue weighted by atomic mass is 9.96. The lowest BCUT2D eigenvalue weighted by molar-refractivity contribution is 0.145. The van der Waals surface area contributed by atoms with Crippen molar-refractivity contribution in [2.24, 2.45) is 5.73 Å². The van der Waals surface area contributed by atoms with Gasteiger partial charge >= 0.3 is 0 Å². The van der Waals surface area contributed by atoms with E-state index in [2.05, 4.69) is 0 Å². The molecule has 2 rings (SSSR count). The van der Waals surface area contributed by atoms with Crippen LogP contribution in [0.2, 0.25) is 0 Å². The predicted octanol–water partition coefficient (Wildman–Crippen LogP) is 2.00. The van der Waals surface area contributed by atoms with Gasteiger partial charge in [0.25, 0.3) is 0 Å². The van der Waals surface area contributed by atoms with Crippen LogP contribution in [0.3, 0.4) is 0 Å². The molecule has 0 aromatic heterocycles. The van der Waals surface area contributed by atoms with E-state index in [1.54, 1.807) is 12.1 Å². The zero-order chi connectivity index (χ0) is 14.5. The molecule has 0 aliphatic carbocycles. The van der Waals surface area contributed by atoms with Crippen LogP contribution >= 0.6 is 0 Å². The fourth-order valence-electron chi connectivity index (χ4n) is 2.11. The Morgan fingerprint density at radius 2 is 1.85 bits per heavy atom. The second-order valence-corrected chi connectivity index (χ2v) is 4.71. The van der Waals surface area contributed by atoms with Crippen molar-refractivity contribution in [2.45, 2.75) is 18.6 Å². The number of hydrogen-bond donors (Lipinski definition) is 3. The van der Waals surface area contributed by atoms with Gasteiger partial charge in [0.2, 0.25) is 0 Å². The number of ether oxygens (including phenoxy) is 1. The molecule has 0 amide bonds. The first-order valence-electron chi connectivity index (χ1n) is 6.46. The van der Waals surface area contributed by atoms with Gasteiger partial charge in [0.1, 0.15) is 0 Å². The molecule has 20 heavy (non-hydrogen) atoms. The van der Waals surface area contributed by atoms with Crippen LogP contribution in [0.4, 0.5) is 0 Å². The van der Waals surface area contributed by atoms with Gasteiger partial charge in [-0.05, 0) is 23.3 Å². The third-order valence-corrected chi connectivity index (χ3v) is 3.29. The maximum atomic E-state index is 10.2. The summed E-state index contributed by atoms with van der Waals surface area (Å²) in [6.07, 6.45) is -0.225. The summed E-state index contributed by atoms with van der Waals surface area (Å²) < 4.78 is 5.05. The molecule has 0 saturated carbocycles. The molecule has 0 unspecified atom stereocenters. The molecule has 0 aliphatic heterocycles. The summed E-state index contributed by atoms with van der Waals surface area (Å²) in [6, 6.07) is 14.0. The third kappa shape index (κ3) is 3.29. The summed E-state index contributed by atoms with van der Waals surface area (Å²) in [5, 5.41) is 19.8. The van der Waals surface area contributed by atoms with Gasteiger partial charge in [0, 0.05) is 6.42 Å². The van der Waals surface area contributed by atoms with Gasteiger partial charge in [0.15, 0.2) is 11.5 Å². The number of nitrogens with two attached hydrogens (primary N) is 1. The van der Waals surface area contributed by atoms with Crippen molar-refractivity contribution >= 4 is 0 Å². The van der Waals surface area contributed by atoms with Crippen molar-refractivity contribution < 1.29 is 14.9 Å². The van der Waals surface area contributed by atoms with Crippen molar-refractivity contribution in [1.82, 2.24) is 0 Å². The van der Waals surface area contributed by atoms with Crippen LogP contribution in [0.15, 0.2) is 48.5 Å². The molecule has 0 saturated heterocycles. The normalized spacial score (nSPS) is 13.8. The Balaban J connectivity index is 2.12. The van der Waals surface area contributed by atoms with Crippen molar-refractivity contribution in [2.75, 3.05) is 7.11 Å². The van der Waals surface area contributed by atoms with E-state index >= 15 is 0 Å². The van der Waals surface area contributed by atoms with Gasteiger partial charge in [-0.15, -0.1) is 0 Å². The van der Waals surface area contributed by atoms with Gasteiger partial charge in [0.05, 0.1) is 19.3 Å². The average Bonchev–Trinajstić information content (AvgIpc) is 2.48. The molecule has 4 nitrogen and oxygen atoms in total. The summed E-state index contributed by atoms with van der Waals surface area (Å²) in [4.78, 5) is 0. The Bertz CT molecular complexity index is 557. The minimum atomic E-state index is -0.702. The first-order chi connectivity index (χ1) is 9.61. The lowest BCUT2D eigenvalue weighted by Crippen LogP contribution is -2.28. The highest BCUT2D eigenvalue weighted by Crippen LogP contribution is 2.29. The number of rotatable bonds is 5. The van der Waals surface area contributed by atoms with Gasteiger partial charge in [-0.3, -0.25) is 0 Å². The van der Waals surface area contributed by atoms with Crippen LogP contribution < -0.4 is 10.5 Å². The van der Waals surface area contributed by atoms with E-state index in [0.29, 0.717) is 12.2 Å². The number of aliphatic hydroxyl groups is 1. The topological polar surface area (TPSA) is 75.7 Å². The van der Waals surface area contributed by atoms with Crippen molar-refractivity contribution in [3.05, 3.63) is 59.7 Å². The minimum absolute atomic E-state index is 0.0565. The molecule has 0 fully saturated rings. The molecule has 0 bridgehead atoms. The zero-order valence-electron chi connectivity index (χ0n) is 11.4. The fraction of sp³-hybridized carbons (Fsp3) is 0.250. The summed E-state index contributed by atoms with van der Waals surface area (Å²) in [5.41, 5.74) is 7.83. The van der Waals surface area contributed by atoms with E-state index in [4.69, 9.17) is 10.5 Å². The molecule has 2 aromatic rings. The molecule has 0 radical (unpaired) electrons. The smallest absolute Gasteiger partial charge is 0.160 e. The monoisotopic (exact) mass is 273 g/mol.